The highest BCUT2D eigenvalue weighted by Gasteiger charge is 2.06. The summed E-state index contributed by atoms with van der Waals surface area (Å²) >= 11 is 1.72. The number of carbonyl (C=O) groups is 1. The summed E-state index contributed by atoms with van der Waals surface area (Å²) in [7, 11) is 0. The maximum Gasteiger partial charge on any atom is 0.251 e. The molecule has 0 spiro atoms. The number of benzene rings is 1. The molecule has 17 heavy (non-hydrogen) atoms. The van der Waals surface area contributed by atoms with E-state index in [1.54, 1.807) is 30.8 Å². The van der Waals surface area contributed by atoms with Crippen LogP contribution in [0.2, 0.25) is 0 Å². The highest BCUT2D eigenvalue weighted by molar-refractivity contribution is 7.99. The third-order valence-corrected chi connectivity index (χ3v) is 3.19. The van der Waals surface area contributed by atoms with Gasteiger partial charge in [-0.2, -0.15) is 11.8 Å². The largest absolute Gasteiger partial charge is 0.508 e. The Morgan fingerprint density at radius 1 is 1.59 bits per heavy atom. The molecule has 1 rings (SSSR count). The minimum atomic E-state index is -0.104. The number of phenolic OH excluding ortho intramolecular Hbond substituents is 1. The molecule has 0 aromatic heterocycles. The van der Waals surface area contributed by atoms with E-state index in [9.17, 15) is 9.90 Å². The zero-order chi connectivity index (χ0) is 12.7. The van der Waals surface area contributed by atoms with Crippen molar-refractivity contribution in [2.75, 3.05) is 18.1 Å². The van der Waals surface area contributed by atoms with Crippen LogP contribution in [0, 0.1) is 6.92 Å². The third kappa shape index (κ3) is 4.53. The molecule has 0 fully saturated rings. The Kier molecular flexibility index (Phi) is 5.63. The number of phenols is 1. The normalized spacial score (nSPS) is 9.94. The number of aryl methyl sites for hydroxylation is 1. The Labute approximate surface area is 106 Å². The van der Waals surface area contributed by atoms with Gasteiger partial charge in [-0.15, -0.1) is 6.58 Å². The predicted molar refractivity (Wildman–Crippen MR) is 72.7 cm³/mol. The van der Waals surface area contributed by atoms with E-state index in [0.717, 1.165) is 11.5 Å². The molecular weight excluding hydrogens is 234 g/mol. The van der Waals surface area contributed by atoms with Gasteiger partial charge in [0.1, 0.15) is 5.75 Å². The van der Waals surface area contributed by atoms with Gasteiger partial charge in [0.25, 0.3) is 5.91 Å². The third-order valence-electron chi connectivity index (χ3n) is 2.23. The second-order valence-corrected chi connectivity index (χ2v) is 4.77. The zero-order valence-corrected chi connectivity index (χ0v) is 10.7. The van der Waals surface area contributed by atoms with Crippen molar-refractivity contribution < 1.29 is 9.90 Å². The van der Waals surface area contributed by atoms with Gasteiger partial charge in [-0.1, -0.05) is 6.08 Å². The first kappa shape index (κ1) is 13.6. The maximum absolute atomic E-state index is 11.7. The van der Waals surface area contributed by atoms with Crippen molar-refractivity contribution in [3.8, 4) is 5.75 Å². The Hall–Kier alpha value is -1.42. The minimum Gasteiger partial charge on any atom is -0.508 e. The van der Waals surface area contributed by atoms with E-state index in [1.165, 1.54) is 6.07 Å². The van der Waals surface area contributed by atoms with Crippen LogP contribution in [0.25, 0.3) is 0 Å². The van der Waals surface area contributed by atoms with Crippen LogP contribution in [0.3, 0.4) is 0 Å². The SMILES string of the molecule is C=CCSCCNC(=O)c1ccc(O)c(C)c1. The van der Waals surface area contributed by atoms with E-state index < -0.39 is 0 Å². The van der Waals surface area contributed by atoms with Crippen molar-refractivity contribution in [1.82, 2.24) is 5.32 Å². The summed E-state index contributed by atoms with van der Waals surface area (Å²) in [6, 6.07) is 4.84. The van der Waals surface area contributed by atoms with Crippen molar-refractivity contribution >= 4 is 17.7 Å². The molecule has 0 radical (unpaired) electrons. The van der Waals surface area contributed by atoms with Crippen LogP contribution >= 0.6 is 11.8 Å². The number of aromatic hydroxyl groups is 1. The number of nitrogens with one attached hydrogen (secondary N) is 1. The lowest BCUT2D eigenvalue weighted by Crippen LogP contribution is -2.25. The topological polar surface area (TPSA) is 49.3 Å². The average Bonchev–Trinajstić information content (AvgIpc) is 2.32. The van der Waals surface area contributed by atoms with Gasteiger partial charge in [0, 0.05) is 23.6 Å². The molecule has 0 bridgehead atoms. The van der Waals surface area contributed by atoms with Gasteiger partial charge in [-0.05, 0) is 30.7 Å². The summed E-state index contributed by atoms with van der Waals surface area (Å²) in [4.78, 5) is 11.7. The van der Waals surface area contributed by atoms with E-state index in [4.69, 9.17) is 0 Å². The molecule has 0 atom stereocenters. The molecule has 0 saturated heterocycles. The molecule has 0 aliphatic rings. The van der Waals surface area contributed by atoms with Gasteiger partial charge in [-0.25, -0.2) is 0 Å². The number of thioether (sulfide) groups is 1. The highest BCUT2D eigenvalue weighted by Crippen LogP contribution is 2.16. The number of amides is 1. The number of rotatable bonds is 6. The average molecular weight is 251 g/mol. The smallest absolute Gasteiger partial charge is 0.251 e. The minimum absolute atomic E-state index is 0.104. The summed E-state index contributed by atoms with van der Waals surface area (Å²) in [6.45, 7) is 6.03. The zero-order valence-electron chi connectivity index (χ0n) is 9.90. The number of hydrogen-bond donors (Lipinski definition) is 2. The first-order valence-electron chi connectivity index (χ1n) is 5.41. The van der Waals surface area contributed by atoms with E-state index >= 15 is 0 Å². The molecule has 2 N–H and O–H groups in total. The van der Waals surface area contributed by atoms with Gasteiger partial charge < -0.3 is 10.4 Å². The fourth-order valence-corrected chi connectivity index (χ4v) is 1.88. The van der Waals surface area contributed by atoms with Crippen LogP contribution < -0.4 is 5.32 Å². The van der Waals surface area contributed by atoms with Gasteiger partial charge in [-0.3, -0.25) is 4.79 Å². The van der Waals surface area contributed by atoms with Gasteiger partial charge in [0.2, 0.25) is 0 Å². The molecule has 0 heterocycles. The van der Waals surface area contributed by atoms with Crippen molar-refractivity contribution in [1.29, 1.82) is 0 Å². The standard InChI is InChI=1S/C13H17NO2S/c1-3-7-17-8-6-14-13(16)11-4-5-12(15)10(2)9-11/h3-5,9,15H,1,6-8H2,2H3,(H,14,16). The summed E-state index contributed by atoms with van der Waals surface area (Å²) in [6.07, 6.45) is 1.84. The second-order valence-electron chi connectivity index (χ2n) is 3.62. The molecule has 3 nitrogen and oxygen atoms in total. The van der Waals surface area contributed by atoms with E-state index in [0.29, 0.717) is 17.7 Å². The molecule has 0 aliphatic carbocycles. The van der Waals surface area contributed by atoms with Crippen LogP contribution in [0.5, 0.6) is 5.75 Å². The van der Waals surface area contributed by atoms with Crippen molar-refractivity contribution in [3.63, 3.8) is 0 Å². The fourth-order valence-electron chi connectivity index (χ4n) is 1.30. The van der Waals surface area contributed by atoms with E-state index in [-0.39, 0.29) is 11.7 Å². The second kappa shape index (κ2) is 7.01. The van der Waals surface area contributed by atoms with E-state index in [2.05, 4.69) is 11.9 Å². The monoisotopic (exact) mass is 251 g/mol. The number of carbonyl (C=O) groups excluding carboxylic acids is 1. The Bertz CT molecular complexity index is 404. The predicted octanol–water partition coefficient (Wildman–Crippen LogP) is 2.35. The van der Waals surface area contributed by atoms with Gasteiger partial charge >= 0.3 is 0 Å². The molecule has 1 amide bonds. The van der Waals surface area contributed by atoms with Crippen LogP contribution in [-0.4, -0.2) is 29.1 Å². The lowest BCUT2D eigenvalue weighted by atomic mass is 10.1. The molecule has 0 saturated carbocycles. The maximum atomic E-state index is 11.7. The molecule has 0 aliphatic heterocycles. The van der Waals surface area contributed by atoms with E-state index in [1.807, 2.05) is 6.08 Å². The first-order valence-corrected chi connectivity index (χ1v) is 6.57. The summed E-state index contributed by atoms with van der Waals surface area (Å²) in [5, 5.41) is 12.2. The van der Waals surface area contributed by atoms with Crippen LogP contribution in [0.4, 0.5) is 0 Å². The first-order chi connectivity index (χ1) is 8.15. The fraction of sp³-hybridized carbons (Fsp3) is 0.308. The molecule has 92 valence electrons. The van der Waals surface area contributed by atoms with Crippen molar-refractivity contribution in [2.24, 2.45) is 0 Å². The summed E-state index contributed by atoms with van der Waals surface area (Å²) in [5.41, 5.74) is 1.28. The summed E-state index contributed by atoms with van der Waals surface area (Å²) in [5.74, 6) is 1.87. The molecule has 4 heteroatoms. The molecule has 1 aromatic rings. The lowest BCUT2D eigenvalue weighted by Gasteiger charge is -2.06. The highest BCUT2D eigenvalue weighted by atomic mass is 32.2. The lowest BCUT2D eigenvalue weighted by molar-refractivity contribution is 0.0956. The molecule has 1 aromatic carbocycles. The van der Waals surface area contributed by atoms with Crippen LogP contribution in [0.15, 0.2) is 30.9 Å². The molecule has 0 unspecified atom stereocenters. The Balaban J connectivity index is 2.41. The number of hydrogen-bond acceptors (Lipinski definition) is 3. The van der Waals surface area contributed by atoms with Crippen LogP contribution in [0.1, 0.15) is 15.9 Å². The van der Waals surface area contributed by atoms with Crippen molar-refractivity contribution in [2.45, 2.75) is 6.92 Å². The quantitative estimate of drug-likeness (QED) is 0.602. The Morgan fingerprint density at radius 3 is 3.00 bits per heavy atom. The van der Waals surface area contributed by atoms with Gasteiger partial charge in [0.15, 0.2) is 0 Å². The van der Waals surface area contributed by atoms with Crippen LogP contribution in [-0.2, 0) is 0 Å². The molecular formula is C13H17NO2S. The Morgan fingerprint density at radius 2 is 2.35 bits per heavy atom. The summed E-state index contributed by atoms with van der Waals surface area (Å²) < 4.78 is 0. The van der Waals surface area contributed by atoms with Crippen molar-refractivity contribution in [3.05, 3.63) is 42.0 Å². The van der Waals surface area contributed by atoms with Gasteiger partial charge in [0.05, 0.1) is 0 Å².